The van der Waals surface area contributed by atoms with Crippen molar-refractivity contribution in [2.45, 2.75) is 36.0 Å². The molecule has 0 saturated heterocycles. The van der Waals surface area contributed by atoms with Crippen LogP contribution >= 0.6 is 15.9 Å². The van der Waals surface area contributed by atoms with E-state index in [9.17, 15) is 23.1 Å². The predicted octanol–water partition coefficient (Wildman–Crippen LogP) is 3.01. The Kier molecular flexibility index (Phi) is 5.50. The summed E-state index contributed by atoms with van der Waals surface area (Å²) < 4.78 is 38.7. The van der Waals surface area contributed by atoms with E-state index in [2.05, 4.69) is 15.9 Å². The van der Waals surface area contributed by atoms with Crippen LogP contribution in [0.3, 0.4) is 0 Å². The number of carboxylic acid groups (broad SMARTS) is 1. The van der Waals surface area contributed by atoms with Crippen LogP contribution in [0.25, 0.3) is 11.3 Å². The number of pyridine rings is 1. The minimum Gasteiger partial charge on any atom is -0.492 e. The van der Waals surface area contributed by atoms with Crippen LogP contribution in [0.5, 0.6) is 5.75 Å². The molecule has 160 valence electrons. The molecule has 0 bridgehead atoms. The molecule has 2 heterocycles. The van der Waals surface area contributed by atoms with Crippen LogP contribution in [0.4, 0.5) is 0 Å². The minimum atomic E-state index is -3.74. The maximum absolute atomic E-state index is 13.0. The number of rotatable bonds is 7. The van der Waals surface area contributed by atoms with Crippen LogP contribution < -0.4 is 10.3 Å². The summed E-state index contributed by atoms with van der Waals surface area (Å²) in [5, 5.41) is 9.42. The summed E-state index contributed by atoms with van der Waals surface area (Å²) in [6.07, 6.45) is 2.15. The lowest BCUT2D eigenvalue weighted by molar-refractivity contribution is 0.0694. The van der Waals surface area contributed by atoms with Gasteiger partial charge in [0.05, 0.1) is 27.4 Å². The van der Waals surface area contributed by atoms with Crippen molar-refractivity contribution in [1.29, 1.82) is 0 Å². The van der Waals surface area contributed by atoms with E-state index in [1.54, 1.807) is 13.2 Å². The summed E-state index contributed by atoms with van der Waals surface area (Å²) in [5.74, 6) is -1.34. The zero-order valence-corrected chi connectivity index (χ0v) is 18.6. The highest BCUT2D eigenvalue weighted by Crippen LogP contribution is 2.46. The Balaban J connectivity index is 1.90. The van der Waals surface area contributed by atoms with Crippen LogP contribution in [0, 0.1) is 0 Å². The molecule has 30 heavy (non-hydrogen) atoms. The van der Waals surface area contributed by atoms with E-state index < -0.39 is 26.9 Å². The number of hydrogen-bond acceptors (Lipinski definition) is 6. The first kappa shape index (κ1) is 21.1. The number of methoxy groups -OCH3 is 1. The van der Waals surface area contributed by atoms with Crippen LogP contribution in [0.2, 0.25) is 0 Å². The summed E-state index contributed by atoms with van der Waals surface area (Å²) in [7, 11) is -2.15. The van der Waals surface area contributed by atoms with Gasteiger partial charge in [0.1, 0.15) is 11.3 Å². The quantitative estimate of drug-likeness (QED) is 0.584. The summed E-state index contributed by atoms with van der Waals surface area (Å²) in [5.41, 5.74) is 0.172. The fourth-order valence-corrected chi connectivity index (χ4v) is 5.71. The first-order valence-corrected chi connectivity index (χ1v) is 11.9. The molecular formula is C20H20BrNO7S. The topological polar surface area (TPSA) is 112 Å². The van der Waals surface area contributed by atoms with Crippen molar-refractivity contribution < 1.29 is 27.8 Å². The molecule has 2 aliphatic rings. The molecular weight excluding hydrogens is 478 g/mol. The zero-order valence-electron chi connectivity index (χ0n) is 16.2. The summed E-state index contributed by atoms with van der Waals surface area (Å²) in [6, 6.07) is 4.18. The van der Waals surface area contributed by atoms with Crippen LogP contribution in [-0.2, 0) is 20.3 Å². The standard InChI is InChI=1S/C20H20BrNO7S/c1-28-5-2-6-29-16-9-17-13(8-15(16)21)18-11(10-30(17,26)27)7-14(20(24)25)19(23)22(18)12-3-4-12/h7-9,12H,2-6,10H2,1H3,(H,24,25). The third kappa shape index (κ3) is 3.67. The predicted molar refractivity (Wildman–Crippen MR) is 112 cm³/mol. The van der Waals surface area contributed by atoms with Gasteiger partial charge in [0.25, 0.3) is 5.56 Å². The zero-order chi connectivity index (χ0) is 21.6. The van der Waals surface area contributed by atoms with Gasteiger partial charge in [-0.25, -0.2) is 13.2 Å². The molecule has 4 rings (SSSR count). The Morgan fingerprint density at radius 3 is 2.63 bits per heavy atom. The molecule has 0 amide bonds. The first-order chi connectivity index (χ1) is 14.2. The van der Waals surface area contributed by atoms with Crippen molar-refractivity contribution in [3.63, 3.8) is 0 Å². The van der Waals surface area contributed by atoms with E-state index in [-0.39, 0.29) is 16.7 Å². The Bertz CT molecular complexity index is 1200. The van der Waals surface area contributed by atoms with Crippen molar-refractivity contribution >= 4 is 31.7 Å². The Morgan fingerprint density at radius 1 is 1.27 bits per heavy atom. The van der Waals surface area contributed by atoms with Gasteiger partial charge in [-0.05, 0) is 46.5 Å². The second-order valence-electron chi connectivity index (χ2n) is 7.38. The summed E-state index contributed by atoms with van der Waals surface area (Å²) in [4.78, 5) is 24.5. The number of hydrogen-bond donors (Lipinski definition) is 1. The second kappa shape index (κ2) is 7.82. The molecule has 2 aromatic rings. The van der Waals surface area contributed by atoms with E-state index in [4.69, 9.17) is 9.47 Å². The van der Waals surface area contributed by atoms with E-state index >= 15 is 0 Å². The maximum atomic E-state index is 13.0. The minimum absolute atomic E-state index is 0.0804. The first-order valence-electron chi connectivity index (χ1n) is 9.44. The molecule has 1 aromatic heterocycles. The van der Waals surface area contributed by atoms with Crippen molar-refractivity contribution in [2.24, 2.45) is 0 Å². The van der Waals surface area contributed by atoms with E-state index in [1.807, 2.05) is 0 Å². The van der Waals surface area contributed by atoms with Crippen molar-refractivity contribution in [2.75, 3.05) is 20.3 Å². The molecule has 1 saturated carbocycles. The fraction of sp³-hybridized carbons (Fsp3) is 0.400. The van der Waals surface area contributed by atoms with Gasteiger partial charge in [0, 0.05) is 37.8 Å². The van der Waals surface area contributed by atoms with Crippen LogP contribution in [0.1, 0.15) is 41.2 Å². The number of nitrogens with zero attached hydrogens (tertiary/aromatic N) is 1. The third-order valence-electron chi connectivity index (χ3n) is 5.18. The van der Waals surface area contributed by atoms with E-state index in [0.29, 0.717) is 46.7 Å². The SMILES string of the molecule is COCCCOc1cc2c(cc1Br)-c1c(cc(C(=O)O)c(=O)n1C1CC1)CS2(=O)=O. The van der Waals surface area contributed by atoms with Gasteiger partial charge in [0.15, 0.2) is 9.84 Å². The summed E-state index contributed by atoms with van der Waals surface area (Å²) >= 11 is 3.43. The van der Waals surface area contributed by atoms with Gasteiger partial charge in [-0.1, -0.05) is 0 Å². The highest BCUT2D eigenvalue weighted by atomic mass is 79.9. The second-order valence-corrected chi connectivity index (χ2v) is 10.2. The highest BCUT2D eigenvalue weighted by molar-refractivity contribution is 9.10. The molecule has 0 radical (unpaired) electrons. The number of fused-ring (bicyclic) bond motifs is 3. The molecule has 1 N–H and O–H groups in total. The number of aromatic nitrogens is 1. The average molecular weight is 498 g/mol. The Morgan fingerprint density at radius 2 is 2.00 bits per heavy atom. The third-order valence-corrected chi connectivity index (χ3v) is 7.49. The molecule has 0 atom stereocenters. The molecule has 1 fully saturated rings. The van der Waals surface area contributed by atoms with Crippen LogP contribution in [0.15, 0.2) is 32.4 Å². The van der Waals surface area contributed by atoms with E-state index in [0.717, 1.165) is 12.8 Å². The number of aromatic carboxylic acids is 1. The van der Waals surface area contributed by atoms with Gasteiger partial charge in [-0.15, -0.1) is 0 Å². The monoisotopic (exact) mass is 497 g/mol. The summed E-state index contributed by atoms with van der Waals surface area (Å²) in [6.45, 7) is 0.879. The largest absolute Gasteiger partial charge is 0.492 e. The molecule has 8 nitrogen and oxygen atoms in total. The van der Waals surface area contributed by atoms with E-state index in [1.165, 1.54) is 16.7 Å². The molecule has 1 aliphatic heterocycles. The normalized spacial score (nSPS) is 16.6. The average Bonchev–Trinajstić information content (AvgIpc) is 3.50. The van der Waals surface area contributed by atoms with Gasteiger partial charge >= 0.3 is 5.97 Å². The molecule has 10 heteroatoms. The molecule has 1 aromatic carbocycles. The fourth-order valence-electron chi connectivity index (χ4n) is 3.69. The Hall–Kier alpha value is -2.17. The number of carboxylic acids is 1. The lowest BCUT2D eigenvalue weighted by atomic mass is 10.0. The van der Waals surface area contributed by atoms with Crippen molar-refractivity contribution in [3.8, 4) is 17.0 Å². The number of sulfone groups is 1. The molecule has 1 aliphatic carbocycles. The number of halogens is 1. The van der Waals surface area contributed by atoms with Gasteiger partial charge in [0.2, 0.25) is 0 Å². The number of ether oxygens (including phenoxy) is 2. The number of carbonyl (C=O) groups is 1. The van der Waals surface area contributed by atoms with Crippen molar-refractivity contribution in [1.82, 2.24) is 4.57 Å². The lowest BCUT2D eigenvalue weighted by Crippen LogP contribution is -2.30. The lowest BCUT2D eigenvalue weighted by Gasteiger charge is -2.25. The smallest absolute Gasteiger partial charge is 0.341 e. The van der Waals surface area contributed by atoms with Crippen molar-refractivity contribution in [3.05, 3.63) is 44.2 Å². The highest BCUT2D eigenvalue weighted by Gasteiger charge is 2.37. The number of benzene rings is 1. The molecule has 0 spiro atoms. The molecule has 0 unspecified atom stereocenters. The van der Waals surface area contributed by atoms with Gasteiger partial charge in [-0.2, -0.15) is 0 Å². The van der Waals surface area contributed by atoms with Gasteiger partial charge < -0.3 is 19.1 Å². The van der Waals surface area contributed by atoms with Gasteiger partial charge in [-0.3, -0.25) is 4.79 Å². The van der Waals surface area contributed by atoms with Crippen LogP contribution in [-0.4, -0.2) is 44.4 Å². The Labute approximate surface area is 181 Å². The maximum Gasteiger partial charge on any atom is 0.341 e.